The molecule has 0 N–H and O–H groups in total. The predicted octanol–water partition coefficient (Wildman–Crippen LogP) is 19.8. The number of unbranched alkanes of at least 4 members (excludes halogenated alkanes) is 30. The van der Waals surface area contributed by atoms with Gasteiger partial charge in [-0.3, -0.25) is 14.4 Å². The van der Waals surface area contributed by atoms with Crippen LogP contribution >= 0.6 is 0 Å². The van der Waals surface area contributed by atoms with E-state index in [-0.39, 0.29) is 31.1 Å². The first-order valence-corrected chi connectivity index (χ1v) is 29.4. The SMILES string of the molecule is CC/C=C\C/C=C\C/C=C\C/C=C\CCCCC(=O)OC[C@H](COC(=O)CCCCCCCCC/C=C\C/C=C\CCCCC)OC(=O)CCCCCCCCCCCCCCCCCCCCC. The highest BCUT2D eigenvalue weighted by Gasteiger charge is 2.19. The molecule has 0 aromatic heterocycles. The van der Waals surface area contributed by atoms with Gasteiger partial charge < -0.3 is 14.2 Å². The van der Waals surface area contributed by atoms with Crippen LogP contribution in [0.5, 0.6) is 0 Å². The van der Waals surface area contributed by atoms with E-state index in [0.717, 1.165) is 96.3 Å². The van der Waals surface area contributed by atoms with Crippen molar-refractivity contribution in [3.63, 3.8) is 0 Å². The van der Waals surface area contributed by atoms with E-state index in [1.54, 1.807) is 0 Å². The number of ether oxygens (including phenoxy) is 3. The lowest BCUT2D eigenvalue weighted by Crippen LogP contribution is -2.30. The van der Waals surface area contributed by atoms with E-state index in [9.17, 15) is 14.4 Å². The summed E-state index contributed by atoms with van der Waals surface area (Å²) in [5.74, 6) is -0.929. The van der Waals surface area contributed by atoms with Crippen molar-refractivity contribution in [3.05, 3.63) is 72.9 Å². The van der Waals surface area contributed by atoms with Gasteiger partial charge in [-0.1, -0.05) is 254 Å². The molecule has 0 spiro atoms. The molecular weight excluding hydrogens is 853 g/mol. The molecule has 0 saturated carbocycles. The molecule has 6 heteroatoms. The number of carbonyl (C=O) groups is 3. The van der Waals surface area contributed by atoms with Crippen LogP contribution in [0.15, 0.2) is 72.9 Å². The van der Waals surface area contributed by atoms with Gasteiger partial charge in [0.15, 0.2) is 6.10 Å². The predicted molar refractivity (Wildman–Crippen MR) is 298 cm³/mol. The van der Waals surface area contributed by atoms with Crippen molar-refractivity contribution in [2.45, 2.75) is 297 Å². The summed E-state index contributed by atoms with van der Waals surface area (Å²) < 4.78 is 16.9. The fraction of sp³-hybridized carbons (Fsp3) is 0.762. The lowest BCUT2D eigenvalue weighted by molar-refractivity contribution is -0.167. The molecule has 0 aliphatic heterocycles. The number of rotatable bonds is 53. The minimum atomic E-state index is -0.794. The van der Waals surface area contributed by atoms with Gasteiger partial charge in [-0.15, -0.1) is 0 Å². The first kappa shape index (κ1) is 65.8. The van der Waals surface area contributed by atoms with Crippen LogP contribution in [0, 0.1) is 0 Å². The molecule has 1 atom stereocenters. The lowest BCUT2D eigenvalue weighted by atomic mass is 10.0. The van der Waals surface area contributed by atoms with Crippen LogP contribution in [0.4, 0.5) is 0 Å². The van der Waals surface area contributed by atoms with Crippen LogP contribution in [0.1, 0.15) is 290 Å². The summed E-state index contributed by atoms with van der Waals surface area (Å²) in [6.07, 6.45) is 73.2. The molecule has 0 fully saturated rings. The first-order valence-electron chi connectivity index (χ1n) is 29.4. The molecule has 398 valence electrons. The molecule has 0 bridgehead atoms. The third-order valence-electron chi connectivity index (χ3n) is 12.7. The van der Waals surface area contributed by atoms with Crippen molar-refractivity contribution >= 4 is 17.9 Å². The normalized spacial score (nSPS) is 12.6. The van der Waals surface area contributed by atoms with Gasteiger partial charge in [0.2, 0.25) is 0 Å². The van der Waals surface area contributed by atoms with E-state index < -0.39 is 6.10 Å². The second kappa shape index (κ2) is 57.4. The molecular formula is C63H110O6. The maximum absolute atomic E-state index is 12.9. The zero-order chi connectivity index (χ0) is 50.0. The fourth-order valence-corrected chi connectivity index (χ4v) is 8.29. The fourth-order valence-electron chi connectivity index (χ4n) is 8.29. The number of allylic oxidation sites excluding steroid dienone is 12. The summed E-state index contributed by atoms with van der Waals surface area (Å²) in [6, 6.07) is 0. The summed E-state index contributed by atoms with van der Waals surface area (Å²) in [4.78, 5) is 38.2. The Balaban J connectivity index is 4.41. The molecule has 0 aromatic carbocycles. The Morgan fingerprint density at radius 3 is 0.942 bits per heavy atom. The molecule has 0 radical (unpaired) electrons. The minimum Gasteiger partial charge on any atom is -0.462 e. The van der Waals surface area contributed by atoms with Gasteiger partial charge in [-0.2, -0.15) is 0 Å². The number of hydrogen-bond donors (Lipinski definition) is 0. The van der Waals surface area contributed by atoms with E-state index >= 15 is 0 Å². The van der Waals surface area contributed by atoms with Gasteiger partial charge in [0.1, 0.15) is 13.2 Å². The summed E-state index contributed by atoms with van der Waals surface area (Å²) in [5.41, 5.74) is 0. The van der Waals surface area contributed by atoms with Crippen LogP contribution in [0.3, 0.4) is 0 Å². The quantitative estimate of drug-likeness (QED) is 0.0262. The zero-order valence-corrected chi connectivity index (χ0v) is 45.6. The molecule has 0 aromatic rings. The van der Waals surface area contributed by atoms with Crippen LogP contribution in [-0.2, 0) is 28.6 Å². The van der Waals surface area contributed by atoms with Gasteiger partial charge in [0.05, 0.1) is 0 Å². The molecule has 0 rings (SSSR count). The average molecular weight is 964 g/mol. The minimum absolute atomic E-state index is 0.0907. The first-order chi connectivity index (χ1) is 34.0. The van der Waals surface area contributed by atoms with Gasteiger partial charge in [0, 0.05) is 19.3 Å². The van der Waals surface area contributed by atoms with E-state index in [0.29, 0.717) is 19.3 Å². The Hall–Kier alpha value is -3.15. The van der Waals surface area contributed by atoms with Crippen molar-refractivity contribution in [1.82, 2.24) is 0 Å². The molecule has 0 heterocycles. The average Bonchev–Trinajstić information content (AvgIpc) is 3.35. The van der Waals surface area contributed by atoms with Gasteiger partial charge >= 0.3 is 17.9 Å². The monoisotopic (exact) mass is 963 g/mol. The highest BCUT2D eigenvalue weighted by atomic mass is 16.6. The Morgan fingerprint density at radius 1 is 0.304 bits per heavy atom. The lowest BCUT2D eigenvalue weighted by Gasteiger charge is -2.18. The second-order valence-electron chi connectivity index (χ2n) is 19.5. The highest BCUT2D eigenvalue weighted by Crippen LogP contribution is 2.16. The summed E-state index contributed by atoms with van der Waals surface area (Å²) in [6.45, 7) is 6.49. The van der Waals surface area contributed by atoms with E-state index in [4.69, 9.17) is 14.2 Å². The topological polar surface area (TPSA) is 78.9 Å². The van der Waals surface area contributed by atoms with Crippen LogP contribution in [0.2, 0.25) is 0 Å². The maximum atomic E-state index is 12.9. The van der Waals surface area contributed by atoms with Crippen molar-refractivity contribution in [3.8, 4) is 0 Å². The van der Waals surface area contributed by atoms with Gasteiger partial charge in [0.25, 0.3) is 0 Å². The third-order valence-corrected chi connectivity index (χ3v) is 12.7. The largest absolute Gasteiger partial charge is 0.462 e. The van der Waals surface area contributed by atoms with E-state index in [2.05, 4.69) is 93.7 Å². The molecule has 6 nitrogen and oxygen atoms in total. The smallest absolute Gasteiger partial charge is 0.306 e. The number of hydrogen-bond acceptors (Lipinski definition) is 6. The van der Waals surface area contributed by atoms with Gasteiger partial charge in [-0.05, 0) is 89.9 Å². The van der Waals surface area contributed by atoms with Crippen molar-refractivity contribution in [2.75, 3.05) is 13.2 Å². The van der Waals surface area contributed by atoms with Crippen molar-refractivity contribution < 1.29 is 28.6 Å². The molecule has 0 aliphatic rings. The maximum Gasteiger partial charge on any atom is 0.306 e. The van der Waals surface area contributed by atoms with Crippen LogP contribution < -0.4 is 0 Å². The molecule has 0 amide bonds. The molecule has 0 saturated heterocycles. The van der Waals surface area contributed by atoms with E-state index in [1.165, 1.54) is 154 Å². The highest BCUT2D eigenvalue weighted by molar-refractivity contribution is 5.71. The Kier molecular flexibility index (Phi) is 54.8. The van der Waals surface area contributed by atoms with Crippen molar-refractivity contribution in [2.24, 2.45) is 0 Å². The zero-order valence-electron chi connectivity index (χ0n) is 45.6. The molecule has 69 heavy (non-hydrogen) atoms. The Labute approximate surface area is 427 Å². The van der Waals surface area contributed by atoms with Crippen LogP contribution in [0.25, 0.3) is 0 Å². The molecule has 0 unspecified atom stereocenters. The summed E-state index contributed by atoms with van der Waals surface area (Å²) >= 11 is 0. The summed E-state index contributed by atoms with van der Waals surface area (Å²) in [7, 11) is 0. The number of esters is 3. The second-order valence-corrected chi connectivity index (χ2v) is 19.5. The standard InChI is InChI=1S/C63H110O6/c1-4-7-10-13-16-19-22-25-28-30-31-33-36-39-42-45-48-51-54-57-63(66)69-60(58-67-61(64)55-52-49-46-43-40-37-34-27-24-21-18-15-12-9-6-3)59-68-62(65)56-53-50-47-44-41-38-35-32-29-26-23-20-17-14-11-8-5-2/h9,12,17-18,20-21,26-27,29,34,40,43,60H,4-8,10-11,13-16,19,22-25,28,30-33,35-39,41-42,44-59H2,1-3H3/b12-9-,20-17-,21-18-,29-26-,34-27-,43-40-/t60-/m1/s1. The van der Waals surface area contributed by atoms with Crippen molar-refractivity contribution in [1.29, 1.82) is 0 Å². The van der Waals surface area contributed by atoms with Crippen LogP contribution in [-0.4, -0.2) is 37.2 Å². The third kappa shape index (κ3) is 55.6. The molecule has 0 aliphatic carbocycles. The Bertz CT molecular complexity index is 1290. The summed E-state index contributed by atoms with van der Waals surface area (Å²) in [5, 5.41) is 0. The number of carbonyl (C=O) groups excluding carboxylic acids is 3. The van der Waals surface area contributed by atoms with E-state index in [1.807, 2.05) is 0 Å². The van der Waals surface area contributed by atoms with Gasteiger partial charge in [-0.25, -0.2) is 0 Å². The Morgan fingerprint density at radius 2 is 0.565 bits per heavy atom.